The van der Waals surface area contributed by atoms with Crippen molar-refractivity contribution in [3.8, 4) is 0 Å². The molecule has 0 aliphatic heterocycles. The van der Waals surface area contributed by atoms with Crippen molar-refractivity contribution in [1.82, 2.24) is 0 Å². The number of hydrogen-bond acceptors (Lipinski definition) is 1. The van der Waals surface area contributed by atoms with Crippen LogP contribution >= 0.6 is 11.3 Å². The molecule has 0 aliphatic carbocycles. The van der Waals surface area contributed by atoms with Gasteiger partial charge in [0.1, 0.15) is 5.83 Å². The largest absolute Gasteiger partial charge is 0.206 e. The van der Waals surface area contributed by atoms with Gasteiger partial charge in [-0.05, 0) is 28.5 Å². The van der Waals surface area contributed by atoms with Crippen LogP contribution < -0.4 is 0 Å². The molecule has 0 fully saturated rings. The second kappa shape index (κ2) is 4.20. The molecule has 0 radical (unpaired) electrons. The van der Waals surface area contributed by atoms with E-state index in [1.807, 2.05) is 35.0 Å². The van der Waals surface area contributed by atoms with Gasteiger partial charge in [-0.15, -0.1) is 0 Å². The van der Waals surface area contributed by atoms with Gasteiger partial charge in [-0.2, -0.15) is 11.3 Å². The highest BCUT2D eigenvalue weighted by Gasteiger charge is 1.98. The topological polar surface area (TPSA) is 0 Å². The molecule has 0 amide bonds. The molecule has 0 aliphatic rings. The second-order valence-electron chi connectivity index (χ2n) is 2.91. The van der Waals surface area contributed by atoms with E-state index in [1.54, 1.807) is 29.5 Å². The Kier molecular flexibility index (Phi) is 2.75. The molecule has 0 bridgehead atoms. The molecule has 0 saturated carbocycles. The summed E-state index contributed by atoms with van der Waals surface area (Å²) in [6.07, 6.45) is 1.55. The third kappa shape index (κ3) is 2.09. The summed E-state index contributed by atoms with van der Waals surface area (Å²) in [5, 5.41) is 3.85. The second-order valence-corrected chi connectivity index (χ2v) is 3.70. The zero-order chi connectivity index (χ0) is 9.80. The molecule has 0 unspecified atom stereocenters. The summed E-state index contributed by atoms with van der Waals surface area (Å²) >= 11 is 1.57. The number of hydrogen-bond donors (Lipinski definition) is 0. The van der Waals surface area contributed by atoms with Crippen molar-refractivity contribution in [1.29, 1.82) is 0 Å². The van der Waals surface area contributed by atoms with Crippen molar-refractivity contribution in [3.05, 3.63) is 58.3 Å². The third-order valence-corrected chi connectivity index (χ3v) is 2.59. The first-order chi connectivity index (χ1) is 6.86. The fourth-order valence-corrected chi connectivity index (χ4v) is 1.80. The van der Waals surface area contributed by atoms with Gasteiger partial charge < -0.3 is 0 Å². The highest BCUT2D eigenvalue weighted by Crippen LogP contribution is 2.20. The Bertz CT molecular complexity index is 415. The van der Waals surface area contributed by atoms with Gasteiger partial charge in [0.2, 0.25) is 0 Å². The van der Waals surface area contributed by atoms with Crippen molar-refractivity contribution in [2.24, 2.45) is 0 Å². The van der Waals surface area contributed by atoms with Gasteiger partial charge in [0.15, 0.2) is 0 Å². The van der Waals surface area contributed by atoms with Crippen LogP contribution in [0.5, 0.6) is 0 Å². The fraction of sp³-hybridized carbons (Fsp3) is 0. The van der Waals surface area contributed by atoms with E-state index in [1.165, 1.54) is 0 Å². The number of rotatable bonds is 2. The highest BCUT2D eigenvalue weighted by atomic mass is 32.1. The van der Waals surface area contributed by atoms with Crippen LogP contribution in [-0.2, 0) is 0 Å². The molecule has 0 atom stereocenters. The van der Waals surface area contributed by atoms with Crippen LogP contribution in [0.25, 0.3) is 11.9 Å². The Morgan fingerprint density at radius 3 is 2.57 bits per heavy atom. The van der Waals surface area contributed by atoms with E-state index in [0.717, 1.165) is 5.56 Å². The molecule has 2 heteroatoms. The van der Waals surface area contributed by atoms with Crippen molar-refractivity contribution in [3.63, 3.8) is 0 Å². The Hall–Kier alpha value is -1.41. The van der Waals surface area contributed by atoms with E-state index in [9.17, 15) is 4.39 Å². The number of benzene rings is 1. The van der Waals surface area contributed by atoms with E-state index in [0.29, 0.717) is 5.56 Å². The van der Waals surface area contributed by atoms with Crippen LogP contribution in [0.3, 0.4) is 0 Å². The summed E-state index contributed by atoms with van der Waals surface area (Å²) in [7, 11) is 0. The molecule has 0 nitrogen and oxygen atoms in total. The van der Waals surface area contributed by atoms with Gasteiger partial charge in [-0.25, -0.2) is 4.39 Å². The smallest absolute Gasteiger partial charge is 0.131 e. The standard InChI is InChI=1S/C12H9FS/c13-12(8-10-6-7-14-9-10)11-4-2-1-3-5-11/h1-9H. The lowest BCUT2D eigenvalue weighted by molar-refractivity contribution is 0.765. The van der Waals surface area contributed by atoms with Gasteiger partial charge in [0, 0.05) is 5.56 Å². The lowest BCUT2D eigenvalue weighted by Gasteiger charge is -1.95. The van der Waals surface area contributed by atoms with Crippen LogP contribution in [0.15, 0.2) is 47.2 Å². The number of halogens is 1. The van der Waals surface area contributed by atoms with Crippen LogP contribution in [0.1, 0.15) is 11.1 Å². The molecule has 1 aromatic heterocycles. The fourth-order valence-electron chi connectivity index (χ4n) is 1.18. The predicted molar refractivity (Wildman–Crippen MR) is 59.7 cm³/mol. The summed E-state index contributed by atoms with van der Waals surface area (Å²) in [6.45, 7) is 0. The minimum atomic E-state index is -0.191. The molecular weight excluding hydrogens is 195 g/mol. The molecule has 14 heavy (non-hydrogen) atoms. The molecule has 0 spiro atoms. The van der Waals surface area contributed by atoms with E-state index < -0.39 is 0 Å². The van der Waals surface area contributed by atoms with Crippen molar-refractivity contribution >= 4 is 23.2 Å². The molecule has 70 valence electrons. The quantitative estimate of drug-likeness (QED) is 0.687. The molecule has 1 aromatic carbocycles. The van der Waals surface area contributed by atoms with Gasteiger partial charge in [-0.1, -0.05) is 30.3 Å². The van der Waals surface area contributed by atoms with Crippen LogP contribution in [0.4, 0.5) is 4.39 Å². The third-order valence-electron chi connectivity index (χ3n) is 1.89. The lowest BCUT2D eigenvalue weighted by Crippen LogP contribution is -1.75. The Morgan fingerprint density at radius 2 is 1.93 bits per heavy atom. The molecule has 2 aromatic rings. The minimum Gasteiger partial charge on any atom is -0.206 e. The monoisotopic (exact) mass is 204 g/mol. The Morgan fingerprint density at radius 1 is 1.14 bits per heavy atom. The maximum atomic E-state index is 13.6. The van der Waals surface area contributed by atoms with Gasteiger partial charge >= 0.3 is 0 Å². The number of thiophene rings is 1. The summed E-state index contributed by atoms with van der Waals surface area (Å²) in [6, 6.07) is 11.0. The summed E-state index contributed by atoms with van der Waals surface area (Å²) in [5.74, 6) is -0.191. The Balaban J connectivity index is 2.29. The highest BCUT2D eigenvalue weighted by molar-refractivity contribution is 7.08. The average molecular weight is 204 g/mol. The van der Waals surface area contributed by atoms with Crippen LogP contribution in [0, 0.1) is 0 Å². The minimum absolute atomic E-state index is 0.191. The van der Waals surface area contributed by atoms with E-state index in [2.05, 4.69) is 0 Å². The molecule has 0 saturated heterocycles. The lowest BCUT2D eigenvalue weighted by atomic mass is 10.1. The molecule has 2 rings (SSSR count). The van der Waals surface area contributed by atoms with Crippen molar-refractivity contribution in [2.45, 2.75) is 0 Å². The summed E-state index contributed by atoms with van der Waals surface area (Å²) < 4.78 is 13.6. The zero-order valence-corrected chi connectivity index (χ0v) is 8.30. The molecule has 1 heterocycles. The predicted octanol–water partition coefficient (Wildman–Crippen LogP) is 4.22. The first-order valence-corrected chi connectivity index (χ1v) is 5.25. The van der Waals surface area contributed by atoms with Crippen molar-refractivity contribution in [2.75, 3.05) is 0 Å². The summed E-state index contributed by atoms with van der Waals surface area (Å²) in [4.78, 5) is 0. The van der Waals surface area contributed by atoms with Crippen molar-refractivity contribution < 1.29 is 4.39 Å². The molecular formula is C12H9FS. The van der Waals surface area contributed by atoms with E-state index >= 15 is 0 Å². The van der Waals surface area contributed by atoms with Gasteiger partial charge in [-0.3, -0.25) is 0 Å². The van der Waals surface area contributed by atoms with Gasteiger partial charge in [0.05, 0.1) is 0 Å². The maximum Gasteiger partial charge on any atom is 0.131 e. The zero-order valence-electron chi connectivity index (χ0n) is 7.48. The molecule has 0 N–H and O–H groups in total. The SMILES string of the molecule is FC(=Cc1ccsc1)c1ccccc1. The first kappa shape index (κ1) is 9.16. The van der Waals surface area contributed by atoms with Crippen LogP contribution in [0.2, 0.25) is 0 Å². The first-order valence-electron chi connectivity index (χ1n) is 4.31. The maximum absolute atomic E-state index is 13.6. The van der Waals surface area contributed by atoms with E-state index in [-0.39, 0.29) is 5.83 Å². The normalized spacial score (nSPS) is 11.6. The van der Waals surface area contributed by atoms with Crippen LogP contribution in [-0.4, -0.2) is 0 Å². The average Bonchev–Trinajstić information content (AvgIpc) is 2.72. The Labute approximate surface area is 86.3 Å². The summed E-state index contributed by atoms with van der Waals surface area (Å²) in [5.41, 5.74) is 1.54. The van der Waals surface area contributed by atoms with E-state index in [4.69, 9.17) is 0 Å². The van der Waals surface area contributed by atoms with Gasteiger partial charge in [0.25, 0.3) is 0 Å².